The van der Waals surface area contributed by atoms with Gasteiger partial charge in [-0.25, -0.2) is 0 Å². The molecule has 1 aliphatic rings. The molecule has 1 heterocycles. The highest BCUT2D eigenvalue weighted by Gasteiger charge is 2.16. The fourth-order valence-electron chi connectivity index (χ4n) is 3.03. The number of likely N-dealkylation sites (N-methyl/N-ethyl adjacent to an activating group) is 1. The third kappa shape index (κ3) is 5.42. The number of rotatable bonds is 7. The summed E-state index contributed by atoms with van der Waals surface area (Å²) in [7, 11) is 2.21. The predicted molar refractivity (Wildman–Crippen MR) is 90.6 cm³/mol. The number of benzene rings is 1. The first-order chi connectivity index (χ1) is 10.2. The lowest BCUT2D eigenvalue weighted by molar-refractivity contribution is 0.152. The number of nitrogens with zero attached hydrogens (tertiary/aromatic N) is 2. The first-order valence-corrected chi connectivity index (χ1v) is 8.36. The van der Waals surface area contributed by atoms with Crippen molar-refractivity contribution >= 4 is 0 Å². The van der Waals surface area contributed by atoms with Gasteiger partial charge in [-0.05, 0) is 38.0 Å². The minimum absolute atomic E-state index is 0.471. The lowest BCUT2D eigenvalue weighted by atomic mass is 9.96. The van der Waals surface area contributed by atoms with Crippen molar-refractivity contribution in [3.8, 4) is 0 Å². The van der Waals surface area contributed by atoms with Gasteiger partial charge in [0.1, 0.15) is 0 Å². The molecular weight excluding hydrogens is 258 g/mol. The zero-order valence-electron chi connectivity index (χ0n) is 13.9. The normalized spacial score (nSPS) is 19.0. The minimum Gasteiger partial charge on any atom is -0.310 e. The third-order valence-corrected chi connectivity index (χ3v) is 4.44. The molecule has 1 unspecified atom stereocenters. The molecule has 0 radical (unpaired) electrons. The van der Waals surface area contributed by atoms with Crippen molar-refractivity contribution in [1.29, 1.82) is 0 Å². The molecule has 3 heteroatoms. The Balaban J connectivity index is 1.71. The highest BCUT2D eigenvalue weighted by atomic mass is 15.2. The highest BCUT2D eigenvalue weighted by molar-refractivity contribution is 5.19. The fourth-order valence-corrected chi connectivity index (χ4v) is 3.03. The Bertz CT molecular complexity index is 383. The number of hydrogen-bond acceptors (Lipinski definition) is 3. The van der Waals surface area contributed by atoms with Gasteiger partial charge in [0.15, 0.2) is 0 Å². The van der Waals surface area contributed by atoms with Gasteiger partial charge in [0.05, 0.1) is 0 Å². The molecule has 0 bridgehead atoms. The zero-order valence-corrected chi connectivity index (χ0v) is 13.9. The summed E-state index contributed by atoms with van der Waals surface area (Å²) in [5, 5.41) is 3.75. The molecule has 21 heavy (non-hydrogen) atoms. The molecule has 1 atom stereocenters. The minimum atomic E-state index is 0.471. The quantitative estimate of drug-likeness (QED) is 0.779. The van der Waals surface area contributed by atoms with E-state index in [0.717, 1.165) is 6.54 Å². The third-order valence-electron chi connectivity index (χ3n) is 4.44. The number of nitrogens with one attached hydrogen (secondary N) is 1. The molecular formula is C18H31N3. The number of hydrogen-bond donors (Lipinski definition) is 1. The van der Waals surface area contributed by atoms with Crippen molar-refractivity contribution in [2.75, 3.05) is 46.3 Å². The van der Waals surface area contributed by atoms with Gasteiger partial charge in [-0.3, -0.25) is 0 Å². The molecule has 0 aromatic heterocycles. The Morgan fingerprint density at radius 3 is 2.33 bits per heavy atom. The van der Waals surface area contributed by atoms with Gasteiger partial charge in [-0.2, -0.15) is 0 Å². The van der Waals surface area contributed by atoms with Crippen LogP contribution in [0.4, 0.5) is 0 Å². The van der Waals surface area contributed by atoms with E-state index in [1.807, 2.05) is 0 Å². The molecule has 118 valence electrons. The standard InChI is InChI=1S/C18H31N3/c1-16(2)18(17-8-5-4-6-9-17)19-10-7-11-21-14-12-20(3)13-15-21/h4-6,8-9,16,18-19H,7,10-15H2,1-3H3. The summed E-state index contributed by atoms with van der Waals surface area (Å²) < 4.78 is 0. The van der Waals surface area contributed by atoms with Crippen LogP contribution < -0.4 is 5.32 Å². The van der Waals surface area contributed by atoms with Crippen LogP contribution in [0.25, 0.3) is 0 Å². The second kappa shape index (κ2) is 8.52. The van der Waals surface area contributed by atoms with Gasteiger partial charge in [0.25, 0.3) is 0 Å². The van der Waals surface area contributed by atoms with Gasteiger partial charge in [-0.15, -0.1) is 0 Å². The molecule has 1 aromatic carbocycles. The fraction of sp³-hybridized carbons (Fsp3) is 0.667. The van der Waals surface area contributed by atoms with Crippen LogP contribution in [0.3, 0.4) is 0 Å². The first-order valence-electron chi connectivity index (χ1n) is 8.36. The molecule has 1 aliphatic heterocycles. The summed E-state index contributed by atoms with van der Waals surface area (Å²) in [6.07, 6.45) is 1.24. The van der Waals surface area contributed by atoms with Crippen LogP contribution in [0.1, 0.15) is 31.9 Å². The van der Waals surface area contributed by atoms with Gasteiger partial charge >= 0.3 is 0 Å². The average Bonchev–Trinajstić information content (AvgIpc) is 2.49. The Hall–Kier alpha value is -0.900. The average molecular weight is 289 g/mol. The van der Waals surface area contributed by atoms with Crippen molar-refractivity contribution in [3.63, 3.8) is 0 Å². The Labute approximate surface area is 130 Å². The molecule has 2 rings (SSSR count). The maximum atomic E-state index is 3.75. The molecule has 0 saturated carbocycles. The smallest absolute Gasteiger partial charge is 0.0343 e. The zero-order chi connectivity index (χ0) is 15.1. The first kappa shape index (κ1) is 16.5. The Morgan fingerprint density at radius 2 is 1.71 bits per heavy atom. The lowest BCUT2D eigenvalue weighted by Crippen LogP contribution is -2.45. The molecule has 0 aliphatic carbocycles. The summed E-state index contributed by atoms with van der Waals surface area (Å²) in [5.41, 5.74) is 1.41. The van der Waals surface area contributed by atoms with Crippen molar-refractivity contribution < 1.29 is 0 Å². The summed E-state index contributed by atoms with van der Waals surface area (Å²) in [5.74, 6) is 0.621. The van der Waals surface area contributed by atoms with E-state index >= 15 is 0 Å². The summed E-state index contributed by atoms with van der Waals surface area (Å²) in [6.45, 7) is 11.8. The second-order valence-electron chi connectivity index (χ2n) is 6.58. The van der Waals surface area contributed by atoms with Gasteiger partial charge in [-0.1, -0.05) is 44.2 Å². The Kier molecular flexibility index (Phi) is 6.68. The van der Waals surface area contributed by atoms with Gasteiger partial charge < -0.3 is 15.1 Å². The lowest BCUT2D eigenvalue weighted by Gasteiger charge is -2.32. The van der Waals surface area contributed by atoms with Crippen molar-refractivity contribution in [2.24, 2.45) is 5.92 Å². The summed E-state index contributed by atoms with van der Waals surface area (Å²) >= 11 is 0. The van der Waals surface area contributed by atoms with Crippen molar-refractivity contribution in [1.82, 2.24) is 15.1 Å². The van der Waals surface area contributed by atoms with E-state index in [1.165, 1.54) is 44.7 Å². The molecule has 0 amide bonds. The van der Waals surface area contributed by atoms with E-state index in [0.29, 0.717) is 12.0 Å². The van der Waals surface area contributed by atoms with E-state index in [2.05, 4.69) is 66.3 Å². The maximum Gasteiger partial charge on any atom is 0.0343 e. The van der Waals surface area contributed by atoms with Crippen molar-refractivity contribution in [2.45, 2.75) is 26.3 Å². The monoisotopic (exact) mass is 289 g/mol. The van der Waals surface area contributed by atoms with E-state index in [-0.39, 0.29) is 0 Å². The molecule has 1 N–H and O–H groups in total. The highest BCUT2D eigenvalue weighted by Crippen LogP contribution is 2.21. The van der Waals surface area contributed by atoms with Crippen LogP contribution in [0.15, 0.2) is 30.3 Å². The van der Waals surface area contributed by atoms with Crippen LogP contribution in [-0.2, 0) is 0 Å². The SMILES string of the molecule is CC(C)C(NCCCN1CCN(C)CC1)c1ccccc1. The van der Waals surface area contributed by atoms with Gasteiger partial charge in [0, 0.05) is 32.2 Å². The number of piperazine rings is 1. The topological polar surface area (TPSA) is 18.5 Å². The Morgan fingerprint density at radius 1 is 1.05 bits per heavy atom. The van der Waals surface area contributed by atoms with Crippen LogP contribution >= 0.6 is 0 Å². The van der Waals surface area contributed by atoms with Crippen LogP contribution in [-0.4, -0.2) is 56.1 Å². The molecule has 0 spiro atoms. The molecule has 1 aromatic rings. The van der Waals surface area contributed by atoms with E-state index in [9.17, 15) is 0 Å². The predicted octanol–water partition coefficient (Wildman–Crippen LogP) is 2.61. The van der Waals surface area contributed by atoms with E-state index < -0.39 is 0 Å². The summed E-state index contributed by atoms with van der Waals surface area (Å²) in [4.78, 5) is 5.01. The maximum absolute atomic E-state index is 3.75. The molecule has 3 nitrogen and oxygen atoms in total. The van der Waals surface area contributed by atoms with E-state index in [1.54, 1.807) is 0 Å². The van der Waals surface area contributed by atoms with Crippen molar-refractivity contribution in [3.05, 3.63) is 35.9 Å². The van der Waals surface area contributed by atoms with Crippen LogP contribution in [0, 0.1) is 5.92 Å². The molecule has 1 fully saturated rings. The second-order valence-corrected chi connectivity index (χ2v) is 6.58. The van der Waals surface area contributed by atoms with Crippen LogP contribution in [0.2, 0.25) is 0 Å². The van der Waals surface area contributed by atoms with Gasteiger partial charge in [0.2, 0.25) is 0 Å². The molecule has 1 saturated heterocycles. The summed E-state index contributed by atoms with van der Waals surface area (Å²) in [6, 6.07) is 11.3. The van der Waals surface area contributed by atoms with Crippen LogP contribution in [0.5, 0.6) is 0 Å². The van der Waals surface area contributed by atoms with E-state index in [4.69, 9.17) is 0 Å². The largest absolute Gasteiger partial charge is 0.310 e.